The summed E-state index contributed by atoms with van der Waals surface area (Å²) in [5, 5.41) is 0.284. The van der Waals surface area contributed by atoms with Crippen molar-refractivity contribution >= 4 is 25.9 Å². The van der Waals surface area contributed by atoms with Gasteiger partial charge in [0.1, 0.15) is 0 Å². The fraction of sp³-hybridized carbons (Fsp3) is 1.00. The Morgan fingerprint density at radius 1 is 1.50 bits per heavy atom. The molecular formula is C2H8GeO4S. The van der Waals surface area contributed by atoms with E-state index in [-0.39, 0.29) is 11.0 Å². The molecule has 2 N–H and O–H groups in total. The molecule has 0 aliphatic rings. The van der Waals surface area contributed by atoms with Crippen molar-refractivity contribution in [2.75, 3.05) is 5.75 Å². The van der Waals surface area contributed by atoms with Gasteiger partial charge in [-0.05, 0) is 0 Å². The molecule has 0 fully saturated rings. The number of hydrogen-bond donors (Lipinski definition) is 2. The molecule has 0 radical (unpaired) electrons. The third-order valence-electron chi connectivity index (χ3n) is 0.560. The van der Waals surface area contributed by atoms with Crippen LogP contribution in [0.2, 0.25) is 5.25 Å². The van der Waals surface area contributed by atoms with E-state index >= 15 is 0 Å². The minimum absolute atomic E-state index is 0.274. The topological polar surface area (TPSA) is 74.6 Å². The van der Waals surface area contributed by atoms with Crippen LogP contribution in [0.3, 0.4) is 0 Å². The van der Waals surface area contributed by atoms with Crippen LogP contribution in [0.15, 0.2) is 0 Å². The molecule has 0 aliphatic heterocycles. The molecule has 0 aromatic carbocycles. The van der Waals surface area contributed by atoms with Crippen LogP contribution < -0.4 is 0 Å². The Morgan fingerprint density at radius 3 is 2.12 bits per heavy atom. The molecule has 0 spiro atoms. The normalized spacial score (nSPS) is 13.2. The zero-order chi connectivity index (χ0) is 6.62. The fourth-order valence-electron chi connectivity index (χ4n) is 0.247. The van der Waals surface area contributed by atoms with Crippen LogP contribution in [-0.2, 0) is 10.1 Å². The van der Waals surface area contributed by atoms with Gasteiger partial charge in [-0.2, -0.15) is 0 Å². The van der Waals surface area contributed by atoms with Crippen molar-refractivity contribution in [3.63, 3.8) is 0 Å². The Morgan fingerprint density at radius 2 is 2.00 bits per heavy atom. The summed E-state index contributed by atoms with van der Waals surface area (Å²) in [5.74, 6) is -0.274. The predicted molar refractivity (Wildman–Crippen MR) is 32.0 cm³/mol. The maximum absolute atomic E-state index is 9.86. The number of rotatable bonds is 3. The van der Waals surface area contributed by atoms with Crippen LogP contribution in [0, 0.1) is 0 Å². The summed E-state index contributed by atoms with van der Waals surface area (Å²) in [4.78, 5) is 0. The van der Waals surface area contributed by atoms with E-state index in [0.717, 1.165) is 0 Å². The first-order valence-electron chi connectivity index (χ1n) is 2.12. The third-order valence-corrected chi connectivity index (χ3v) is 3.85. The van der Waals surface area contributed by atoms with E-state index in [1.165, 1.54) is 0 Å². The van der Waals surface area contributed by atoms with E-state index in [4.69, 9.17) is 8.69 Å². The second kappa shape index (κ2) is 3.44. The van der Waals surface area contributed by atoms with Crippen LogP contribution in [0.5, 0.6) is 0 Å². The summed E-state index contributed by atoms with van der Waals surface area (Å²) in [6.45, 7) is 0. The second-order valence-electron chi connectivity index (χ2n) is 1.36. The van der Waals surface area contributed by atoms with Crippen molar-refractivity contribution in [2.45, 2.75) is 5.25 Å². The Kier molecular flexibility index (Phi) is 3.62. The van der Waals surface area contributed by atoms with E-state index < -0.39 is 25.9 Å². The molecule has 0 unspecified atom stereocenters. The van der Waals surface area contributed by atoms with E-state index in [0.29, 0.717) is 0 Å². The van der Waals surface area contributed by atoms with Gasteiger partial charge in [-0.1, -0.05) is 0 Å². The Hall–Kier alpha value is 0.413. The number of hydrogen-bond acceptors (Lipinski definition) is 3. The second-order valence-corrected chi connectivity index (χ2v) is 5.36. The van der Waals surface area contributed by atoms with Gasteiger partial charge in [0.25, 0.3) is 0 Å². The Balaban J connectivity index is 3.42. The standard InChI is InChI=1S/C2H8GeO4S/c4-3-1-2-8(5,6)7/h4H,1-3H2,(H,5,6,7). The molecule has 0 saturated carbocycles. The van der Waals surface area contributed by atoms with Gasteiger partial charge in [-0.3, -0.25) is 0 Å². The predicted octanol–water partition coefficient (Wildman–Crippen LogP) is -1.63. The zero-order valence-corrected chi connectivity index (χ0v) is 8.02. The minimum atomic E-state index is -3.80. The quantitative estimate of drug-likeness (QED) is 0.424. The van der Waals surface area contributed by atoms with E-state index in [2.05, 4.69) is 0 Å². The molecule has 0 atom stereocenters. The summed E-state index contributed by atoms with van der Waals surface area (Å²) in [6.07, 6.45) is 0. The average Bonchev–Trinajstić information content (AvgIpc) is 1.59. The van der Waals surface area contributed by atoms with Crippen molar-refractivity contribution in [1.82, 2.24) is 0 Å². The van der Waals surface area contributed by atoms with Gasteiger partial charge in [-0.15, -0.1) is 0 Å². The van der Waals surface area contributed by atoms with Gasteiger partial charge < -0.3 is 0 Å². The summed E-state index contributed by atoms with van der Waals surface area (Å²) in [7, 11) is -3.80. The van der Waals surface area contributed by atoms with Crippen LogP contribution >= 0.6 is 0 Å². The van der Waals surface area contributed by atoms with E-state index in [1.807, 2.05) is 0 Å². The summed E-state index contributed by atoms with van der Waals surface area (Å²) >= 11 is -1.55. The summed E-state index contributed by atoms with van der Waals surface area (Å²) in [6, 6.07) is 0. The van der Waals surface area contributed by atoms with E-state index in [1.54, 1.807) is 0 Å². The molecule has 0 saturated heterocycles. The molecule has 0 aliphatic carbocycles. The monoisotopic (exact) mass is 202 g/mol. The molecule has 0 heterocycles. The zero-order valence-electron chi connectivity index (χ0n) is 4.24. The van der Waals surface area contributed by atoms with Crippen molar-refractivity contribution in [3.05, 3.63) is 0 Å². The van der Waals surface area contributed by atoms with Crippen molar-refractivity contribution < 1.29 is 17.1 Å². The van der Waals surface area contributed by atoms with Crippen molar-refractivity contribution in [3.8, 4) is 0 Å². The Labute approximate surface area is 54.5 Å². The van der Waals surface area contributed by atoms with Gasteiger partial charge in [0.15, 0.2) is 0 Å². The molecule has 4 nitrogen and oxygen atoms in total. The van der Waals surface area contributed by atoms with Crippen LogP contribution in [0.1, 0.15) is 0 Å². The first-order chi connectivity index (χ1) is 3.56. The first kappa shape index (κ1) is 8.41. The van der Waals surface area contributed by atoms with Crippen LogP contribution in [-0.4, -0.2) is 38.6 Å². The molecular weight excluding hydrogens is 193 g/mol. The van der Waals surface area contributed by atoms with Gasteiger partial charge >= 0.3 is 54.0 Å². The Bertz CT molecular complexity index is 138. The molecule has 6 heteroatoms. The van der Waals surface area contributed by atoms with Crippen molar-refractivity contribution in [1.29, 1.82) is 0 Å². The molecule has 50 valence electrons. The van der Waals surface area contributed by atoms with Gasteiger partial charge in [0, 0.05) is 0 Å². The molecule has 0 aromatic heterocycles. The van der Waals surface area contributed by atoms with Crippen LogP contribution in [0.4, 0.5) is 0 Å². The third kappa shape index (κ3) is 6.41. The van der Waals surface area contributed by atoms with E-state index in [9.17, 15) is 8.42 Å². The van der Waals surface area contributed by atoms with Gasteiger partial charge in [-0.25, -0.2) is 0 Å². The fourth-order valence-corrected chi connectivity index (χ4v) is 3.85. The molecule has 0 amide bonds. The molecule has 0 rings (SSSR count). The summed E-state index contributed by atoms with van der Waals surface area (Å²) in [5.41, 5.74) is 0. The molecule has 0 bridgehead atoms. The van der Waals surface area contributed by atoms with Gasteiger partial charge in [0.05, 0.1) is 0 Å². The summed E-state index contributed by atoms with van der Waals surface area (Å²) < 4.78 is 36.0. The van der Waals surface area contributed by atoms with Crippen LogP contribution in [0.25, 0.3) is 0 Å². The van der Waals surface area contributed by atoms with Gasteiger partial charge in [0.2, 0.25) is 0 Å². The maximum atomic E-state index is 9.86. The van der Waals surface area contributed by atoms with Crippen molar-refractivity contribution in [2.24, 2.45) is 0 Å². The molecule has 8 heavy (non-hydrogen) atoms. The average molecular weight is 201 g/mol. The first-order valence-corrected chi connectivity index (χ1v) is 7.15. The molecule has 0 aromatic rings. The SMILES string of the molecule is O=S(=O)(O)C[CH2][GeH2][OH].